The van der Waals surface area contributed by atoms with Crippen LogP contribution in [-0.2, 0) is 38.2 Å². The zero-order valence-electron chi connectivity index (χ0n) is 22.4. The van der Waals surface area contributed by atoms with Crippen LogP contribution in [-0.4, -0.2) is 48.3 Å². The highest BCUT2D eigenvalue weighted by Gasteiger charge is 2.75. The van der Waals surface area contributed by atoms with Crippen molar-refractivity contribution in [2.24, 2.45) is 39.4 Å². The Morgan fingerprint density at radius 1 is 1.08 bits per heavy atom. The van der Waals surface area contributed by atoms with Crippen molar-refractivity contribution in [3.8, 4) is 0 Å². The summed E-state index contributed by atoms with van der Waals surface area (Å²) in [7, 11) is 1.14. The van der Waals surface area contributed by atoms with Gasteiger partial charge in [0.25, 0.3) is 5.60 Å². The standard InChI is InChI=1S/C28H36O8/c1-14-12-17-25(5)11-10-18(30)24(3,4)19(25)16(35-15(2)29)13-26(17,6)20-21(31)36-28(8,23(33)34-9)22(32)27(14,20)7/h10-11,16-17,19-20H,1,12-13H2,2-9H3/t16?,17?,19-,20+,25?,26+,27-,28+/m1/s1. The first kappa shape index (κ1) is 26.3. The Kier molecular flexibility index (Phi) is 5.57. The van der Waals surface area contributed by atoms with E-state index >= 15 is 0 Å². The quantitative estimate of drug-likeness (QED) is 0.245. The average molecular weight is 501 g/mol. The van der Waals surface area contributed by atoms with E-state index in [4.69, 9.17) is 14.2 Å². The molecule has 4 rings (SSSR count). The molecule has 8 heteroatoms. The van der Waals surface area contributed by atoms with E-state index in [9.17, 15) is 24.0 Å². The fraction of sp³-hybridized carbons (Fsp3) is 0.679. The van der Waals surface area contributed by atoms with Crippen LogP contribution in [0.25, 0.3) is 0 Å². The maximum absolute atomic E-state index is 14.0. The number of ether oxygens (including phenoxy) is 3. The second-order valence-electron chi connectivity index (χ2n) is 12.4. The average Bonchev–Trinajstić information content (AvgIpc) is 2.75. The number of hydrogen-bond donors (Lipinski definition) is 0. The summed E-state index contributed by atoms with van der Waals surface area (Å²) in [6.07, 6.45) is 3.45. The van der Waals surface area contributed by atoms with Gasteiger partial charge in [-0.25, -0.2) is 4.79 Å². The number of Topliss-reactive ketones (excluding diaryl/α,β-unsaturated/α-hetero) is 1. The van der Waals surface area contributed by atoms with E-state index in [1.807, 2.05) is 33.8 Å². The molecule has 3 fully saturated rings. The van der Waals surface area contributed by atoms with Gasteiger partial charge in [0.05, 0.1) is 18.4 Å². The second kappa shape index (κ2) is 7.62. The van der Waals surface area contributed by atoms with Crippen LogP contribution in [0, 0.1) is 39.4 Å². The maximum Gasteiger partial charge on any atom is 0.358 e. The Morgan fingerprint density at radius 2 is 1.69 bits per heavy atom. The molecule has 8 atom stereocenters. The van der Waals surface area contributed by atoms with Crippen molar-refractivity contribution in [2.75, 3.05) is 7.11 Å². The van der Waals surface area contributed by atoms with Crippen molar-refractivity contribution in [3.05, 3.63) is 24.3 Å². The summed E-state index contributed by atoms with van der Waals surface area (Å²) in [6, 6.07) is 0. The minimum Gasteiger partial charge on any atom is -0.466 e. The van der Waals surface area contributed by atoms with Gasteiger partial charge in [-0.3, -0.25) is 19.2 Å². The van der Waals surface area contributed by atoms with Crippen molar-refractivity contribution < 1.29 is 38.2 Å². The Labute approximate surface area is 211 Å². The van der Waals surface area contributed by atoms with Gasteiger partial charge >= 0.3 is 17.9 Å². The fourth-order valence-electron chi connectivity index (χ4n) is 8.45. The van der Waals surface area contributed by atoms with Gasteiger partial charge in [-0.2, -0.15) is 0 Å². The molecule has 0 aromatic rings. The van der Waals surface area contributed by atoms with E-state index in [0.717, 1.165) is 7.11 Å². The molecule has 0 bridgehead atoms. The van der Waals surface area contributed by atoms with Crippen LogP contribution in [0.4, 0.5) is 0 Å². The molecule has 8 nitrogen and oxygen atoms in total. The molecule has 196 valence electrons. The van der Waals surface area contributed by atoms with Gasteiger partial charge in [0.1, 0.15) is 6.10 Å². The first-order chi connectivity index (χ1) is 16.4. The number of fused-ring (bicyclic) bond motifs is 5. The first-order valence-electron chi connectivity index (χ1n) is 12.4. The molecule has 1 heterocycles. The molecule has 0 aromatic heterocycles. The summed E-state index contributed by atoms with van der Waals surface area (Å²) in [6.45, 7) is 16.2. The number of carbonyl (C=O) groups excluding carboxylic acids is 5. The van der Waals surface area contributed by atoms with Crippen molar-refractivity contribution in [1.29, 1.82) is 0 Å². The number of hydrogen-bond acceptors (Lipinski definition) is 8. The van der Waals surface area contributed by atoms with Gasteiger partial charge in [-0.1, -0.05) is 45.9 Å². The minimum atomic E-state index is -2.08. The number of carbonyl (C=O) groups is 5. The zero-order valence-corrected chi connectivity index (χ0v) is 22.4. The van der Waals surface area contributed by atoms with Crippen LogP contribution in [0.1, 0.15) is 61.3 Å². The van der Waals surface area contributed by atoms with Gasteiger partial charge in [0, 0.05) is 18.3 Å². The van der Waals surface area contributed by atoms with Crippen LogP contribution < -0.4 is 0 Å². The number of esters is 3. The third kappa shape index (κ3) is 3.02. The largest absolute Gasteiger partial charge is 0.466 e. The highest BCUT2D eigenvalue weighted by atomic mass is 16.6. The predicted octanol–water partition coefficient (Wildman–Crippen LogP) is 3.37. The minimum absolute atomic E-state index is 0.0497. The van der Waals surface area contributed by atoms with E-state index in [1.165, 1.54) is 13.8 Å². The van der Waals surface area contributed by atoms with Crippen molar-refractivity contribution in [2.45, 2.75) is 73.0 Å². The third-order valence-electron chi connectivity index (χ3n) is 10.00. The highest BCUT2D eigenvalue weighted by Crippen LogP contribution is 2.71. The van der Waals surface area contributed by atoms with E-state index < -0.39 is 63.0 Å². The van der Waals surface area contributed by atoms with Crippen LogP contribution in [0.2, 0.25) is 0 Å². The van der Waals surface area contributed by atoms with Gasteiger partial charge < -0.3 is 14.2 Å². The monoisotopic (exact) mass is 500 g/mol. The molecule has 0 aromatic carbocycles. The molecule has 3 unspecified atom stereocenters. The SMILES string of the molecule is C=C1CC2C3(C)C=CC(=O)C(C)(C)[C@H]3C(OC(C)=O)C[C@]2(C)[C@@H]2C(=O)O[C@](C)(C(=O)OC)C(=O)[C@]12C. The lowest BCUT2D eigenvalue weighted by atomic mass is 9.36. The van der Waals surface area contributed by atoms with Crippen LogP contribution >= 0.6 is 0 Å². The first-order valence-corrected chi connectivity index (χ1v) is 12.4. The summed E-state index contributed by atoms with van der Waals surface area (Å²) < 4.78 is 16.3. The lowest BCUT2D eigenvalue weighted by molar-refractivity contribution is -0.231. The fourth-order valence-corrected chi connectivity index (χ4v) is 8.45. The zero-order chi connectivity index (χ0) is 27.2. The Hall–Kier alpha value is -2.77. The molecule has 0 amide bonds. The normalized spacial score (nSPS) is 45.1. The van der Waals surface area contributed by atoms with Crippen molar-refractivity contribution in [3.63, 3.8) is 0 Å². The summed E-state index contributed by atoms with van der Waals surface area (Å²) >= 11 is 0. The smallest absolute Gasteiger partial charge is 0.358 e. The van der Waals surface area contributed by atoms with Crippen LogP contribution in [0.5, 0.6) is 0 Å². The van der Waals surface area contributed by atoms with Crippen molar-refractivity contribution in [1.82, 2.24) is 0 Å². The third-order valence-corrected chi connectivity index (χ3v) is 10.00. The van der Waals surface area contributed by atoms with E-state index in [-0.39, 0.29) is 24.0 Å². The van der Waals surface area contributed by atoms with Gasteiger partial charge in [-0.15, -0.1) is 0 Å². The van der Waals surface area contributed by atoms with Gasteiger partial charge in [0.2, 0.25) is 0 Å². The molecule has 1 saturated heterocycles. The molecule has 36 heavy (non-hydrogen) atoms. The van der Waals surface area contributed by atoms with E-state index in [1.54, 1.807) is 13.0 Å². The van der Waals surface area contributed by atoms with E-state index in [2.05, 4.69) is 6.58 Å². The molecular weight excluding hydrogens is 464 g/mol. The Balaban J connectivity index is 1.93. The molecule has 0 spiro atoms. The van der Waals surface area contributed by atoms with Crippen LogP contribution in [0.15, 0.2) is 24.3 Å². The number of cyclic esters (lactones) is 1. The van der Waals surface area contributed by atoms with E-state index in [0.29, 0.717) is 12.0 Å². The number of allylic oxidation sites excluding steroid dienone is 3. The molecule has 0 N–H and O–H groups in total. The van der Waals surface area contributed by atoms with Crippen molar-refractivity contribution >= 4 is 29.5 Å². The number of ketones is 2. The molecule has 2 saturated carbocycles. The summed E-state index contributed by atoms with van der Waals surface area (Å²) in [5.74, 6) is -4.25. The van der Waals surface area contributed by atoms with Crippen LogP contribution in [0.3, 0.4) is 0 Å². The molecule has 4 aliphatic rings. The predicted molar refractivity (Wildman–Crippen MR) is 128 cm³/mol. The Bertz CT molecular complexity index is 1130. The second-order valence-corrected chi connectivity index (χ2v) is 12.4. The summed E-state index contributed by atoms with van der Waals surface area (Å²) in [5.41, 5.74) is -5.27. The summed E-state index contributed by atoms with van der Waals surface area (Å²) in [4.78, 5) is 65.5. The number of rotatable bonds is 2. The molecule has 3 aliphatic carbocycles. The maximum atomic E-state index is 14.0. The van der Waals surface area contributed by atoms with Gasteiger partial charge in [-0.05, 0) is 49.5 Å². The summed E-state index contributed by atoms with van der Waals surface area (Å²) in [5, 5.41) is 0. The Morgan fingerprint density at radius 3 is 2.25 bits per heavy atom. The lowest BCUT2D eigenvalue weighted by Crippen LogP contribution is -2.72. The molecule has 1 aliphatic heterocycles. The topological polar surface area (TPSA) is 113 Å². The molecular formula is C28H36O8. The molecule has 0 radical (unpaired) electrons. The van der Waals surface area contributed by atoms with Gasteiger partial charge in [0.15, 0.2) is 11.6 Å². The lowest BCUT2D eigenvalue weighted by Gasteiger charge is -2.68. The number of methoxy groups -OCH3 is 1. The highest BCUT2D eigenvalue weighted by molar-refractivity contribution is 6.15.